The number of anilines is 2. The second kappa shape index (κ2) is 6.39. The molecular formula is C21H27N. The van der Waals surface area contributed by atoms with Crippen LogP contribution in [0.1, 0.15) is 49.9 Å². The van der Waals surface area contributed by atoms with Gasteiger partial charge in [0.1, 0.15) is 0 Å². The first-order valence-electron chi connectivity index (χ1n) is 7.98. The van der Waals surface area contributed by atoms with E-state index in [1.165, 1.54) is 16.7 Å². The lowest BCUT2D eigenvalue weighted by Gasteiger charge is -2.21. The average molecular weight is 293 g/mol. The zero-order chi connectivity index (χ0) is 16.3. The van der Waals surface area contributed by atoms with E-state index in [-0.39, 0.29) is 5.41 Å². The Morgan fingerprint density at radius 3 is 2.27 bits per heavy atom. The topological polar surface area (TPSA) is 12.0 Å². The van der Waals surface area contributed by atoms with Gasteiger partial charge in [0.25, 0.3) is 0 Å². The fourth-order valence-electron chi connectivity index (χ4n) is 2.53. The van der Waals surface area contributed by atoms with E-state index in [1.807, 2.05) is 6.08 Å². The number of rotatable bonds is 4. The molecule has 0 saturated heterocycles. The average Bonchev–Trinajstić information content (AvgIpc) is 2.48. The van der Waals surface area contributed by atoms with Crippen LogP contribution in [0.3, 0.4) is 0 Å². The van der Waals surface area contributed by atoms with E-state index in [9.17, 15) is 0 Å². The van der Waals surface area contributed by atoms with Gasteiger partial charge in [-0.25, -0.2) is 0 Å². The van der Waals surface area contributed by atoms with Gasteiger partial charge in [-0.3, -0.25) is 0 Å². The minimum Gasteiger partial charge on any atom is -0.355 e. The SMILES string of the molecule is C=Cc1cc(CC)ccc1Nc1ccc(C(C)(C)C)cc1C. The summed E-state index contributed by atoms with van der Waals surface area (Å²) in [5.74, 6) is 0. The van der Waals surface area contributed by atoms with E-state index in [1.54, 1.807) is 0 Å². The minimum absolute atomic E-state index is 0.179. The van der Waals surface area contributed by atoms with Gasteiger partial charge in [-0.05, 0) is 59.2 Å². The minimum atomic E-state index is 0.179. The second-order valence-corrected chi connectivity index (χ2v) is 6.88. The van der Waals surface area contributed by atoms with Crippen molar-refractivity contribution in [1.82, 2.24) is 0 Å². The van der Waals surface area contributed by atoms with Crippen molar-refractivity contribution in [2.45, 2.75) is 46.5 Å². The van der Waals surface area contributed by atoms with Crippen molar-refractivity contribution in [3.05, 3.63) is 65.2 Å². The predicted molar refractivity (Wildman–Crippen MR) is 99.1 cm³/mol. The normalized spacial score (nSPS) is 11.3. The zero-order valence-electron chi connectivity index (χ0n) is 14.5. The van der Waals surface area contributed by atoms with Gasteiger partial charge in [0.05, 0.1) is 0 Å². The third kappa shape index (κ3) is 3.59. The lowest BCUT2D eigenvalue weighted by molar-refractivity contribution is 0.590. The van der Waals surface area contributed by atoms with Gasteiger partial charge in [-0.1, -0.05) is 58.5 Å². The summed E-state index contributed by atoms with van der Waals surface area (Å²) in [5, 5.41) is 3.55. The van der Waals surface area contributed by atoms with Crippen LogP contribution in [0.2, 0.25) is 0 Å². The summed E-state index contributed by atoms with van der Waals surface area (Å²) in [7, 11) is 0. The van der Waals surface area contributed by atoms with E-state index in [0.29, 0.717) is 0 Å². The number of benzene rings is 2. The highest BCUT2D eigenvalue weighted by Crippen LogP contribution is 2.29. The summed E-state index contributed by atoms with van der Waals surface area (Å²) < 4.78 is 0. The molecule has 1 heteroatoms. The molecule has 0 bridgehead atoms. The van der Waals surface area contributed by atoms with Crippen molar-refractivity contribution in [2.75, 3.05) is 5.32 Å². The van der Waals surface area contributed by atoms with Crippen LogP contribution < -0.4 is 5.32 Å². The Hall–Kier alpha value is -2.02. The Morgan fingerprint density at radius 2 is 1.73 bits per heavy atom. The monoisotopic (exact) mass is 293 g/mol. The van der Waals surface area contributed by atoms with E-state index in [2.05, 4.69) is 82.9 Å². The van der Waals surface area contributed by atoms with Gasteiger partial charge in [0.2, 0.25) is 0 Å². The maximum absolute atomic E-state index is 3.94. The van der Waals surface area contributed by atoms with Gasteiger partial charge in [-0.2, -0.15) is 0 Å². The molecular weight excluding hydrogens is 266 g/mol. The first-order chi connectivity index (χ1) is 10.3. The molecule has 0 spiro atoms. The van der Waals surface area contributed by atoms with Crippen molar-refractivity contribution >= 4 is 17.5 Å². The van der Waals surface area contributed by atoms with E-state index >= 15 is 0 Å². The molecule has 116 valence electrons. The van der Waals surface area contributed by atoms with Gasteiger partial charge in [-0.15, -0.1) is 0 Å². The van der Waals surface area contributed by atoms with E-state index in [0.717, 1.165) is 23.4 Å². The number of hydrogen-bond donors (Lipinski definition) is 1. The molecule has 0 aliphatic heterocycles. The molecule has 1 nitrogen and oxygen atoms in total. The Morgan fingerprint density at radius 1 is 1.05 bits per heavy atom. The molecule has 0 aliphatic carbocycles. The lowest BCUT2D eigenvalue weighted by atomic mass is 9.86. The van der Waals surface area contributed by atoms with Crippen LogP contribution in [0.25, 0.3) is 6.08 Å². The molecule has 2 aromatic carbocycles. The molecule has 2 rings (SSSR count). The van der Waals surface area contributed by atoms with Crippen LogP contribution in [0.4, 0.5) is 11.4 Å². The Kier molecular flexibility index (Phi) is 4.75. The summed E-state index contributed by atoms with van der Waals surface area (Å²) in [6.07, 6.45) is 2.96. The third-order valence-electron chi connectivity index (χ3n) is 4.11. The fourth-order valence-corrected chi connectivity index (χ4v) is 2.53. The molecule has 0 heterocycles. The summed E-state index contributed by atoms with van der Waals surface area (Å²) in [6, 6.07) is 13.2. The van der Waals surface area contributed by atoms with Crippen LogP contribution in [0.15, 0.2) is 43.0 Å². The smallest absolute Gasteiger partial charge is 0.0457 e. The molecule has 22 heavy (non-hydrogen) atoms. The van der Waals surface area contributed by atoms with Crippen LogP contribution in [-0.2, 0) is 11.8 Å². The molecule has 0 unspecified atom stereocenters. The summed E-state index contributed by atoms with van der Waals surface area (Å²) >= 11 is 0. The van der Waals surface area contributed by atoms with Crippen LogP contribution in [0, 0.1) is 6.92 Å². The van der Waals surface area contributed by atoms with Crippen molar-refractivity contribution in [3.63, 3.8) is 0 Å². The fraction of sp³-hybridized carbons (Fsp3) is 0.333. The summed E-state index contributed by atoms with van der Waals surface area (Å²) in [4.78, 5) is 0. The number of aryl methyl sites for hydroxylation is 2. The van der Waals surface area contributed by atoms with Gasteiger partial charge in [0.15, 0.2) is 0 Å². The Labute approximate surface area is 135 Å². The first kappa shape index (κ1) is 16.4. The van der Waals surface area contributed by atoms with Crippen molar-refractivity contribution < 1.29 is 0 Å². The van der Waals surface area contributed by atoms with Gasteiger partial charge >= 0.3 is 0 Å². The van der Waals surface area contributed by atoms with Crippen LogP contribution in [-0.4, -0.2) is 0 Å². The quantitative estimate of drug-likeness (QED) is 0.703. The van der Waals surface area contributed by atoms with Crippen LogP contribution >= 0.6 is 0 Å². The third-order valence-corrected chi connectivity index (χ3v) is 4.11. The van der Waals surface area contributed by atoms with Gasteiger partial charge < -0.3 is 5.32 Å². The van der Waals surface area contributed by atoms with Crippen LogP contribution in [0.5, 0.6) is 0 Å². The molecule has 0 aliphatic rings. The van der Waals surface area contributed by atoms with E-state index < -0.39 is 0 Å². The Balaban J connectivity index is 2.33. The molecule has 2 aromatic rings. The molecule has 0 saturated carbocycles. The van der Waals surface area contributed by atoms with Crippen molar-refractivity contribution in [2.24, 2.45) is 0 Å². The molecule has 1 N–H and O–H groups in total. The van der Waals surface area contributed by atoms with Crippen molar-refractivity contribution in [1.29, 1.82) is 0 Å². The Bertz CT molecular complexity index is 675. The largest absolute Gasteiger partial charge is 0.355 e. The molecule has 0 atom stereocenters. The maximum atomic E-state index is 3.94. The lowest BCUT2D eigenvalue weighted by Crippen LogP contribution is -2.11. The highest BCUT2D eigenvalue weighted by molar-refractivity contribution is 5.73. The molecule has 0 radical (unpaired) electrons. The predicted octanol–water partition coefficient (Wildman–Crippen LogP) is 6.24. The summed E-state index contributed by atoms with van der Waals surface area (Å²) in [5.41, 5.74) is 7.55. The van der Waals surface area contributed by atoms with Gasteiger partial charge in [0, 0.05) is 11.4 Å². The highest BCUT2D eigenvalue weighted by atomic mass is 14.9. The maximum Gasteiger partial charge on any atom is 0.0457 e. The van der Waals surface area contributed by atoms with Crippen molar-refractivity contribution in [3.8, 4) is 0 Å². The summed E-state index contributed by atoms with van der Waals surface area (Å²) in [6.45, 7) is 15.0. The molecule has 0 aromatic heterocycles. The second-order valence-electron chi connectivity index (χ2n) is 6.88. The highest BCUT2D eigenvalue weighted by Gasteiger charge is 2.14. The number of nitrogens with one attached hydrogen (secondary N) is 1. The molecule has 0 fully saturated rings. The van der Waals surface area contributed by atoms with E-state index in [4.69, 9.17) is 0 Å². The standard InChI is InChI=1S/C21H27N/c1-7-16-9-11-20(17(8-2)14-16)22-19-12-10-18(13-15(19)3)21(4,5)6/h8-14,22H,2,7H2,1,3-6H3. The first-order valence-corrected chi connectivity index (χ1v) is 7.98. The number of hydrogen-bond acceptors (Lipinski definition) is 1. The zero-order valence-corrected chi connectivity index (χ0v) is 14.5. The molecule has 0 amide bonds.